The van der Waals surface area contributed by atoms with Crippen molar-refractivity contribution in [3.8, 4) is 0 Å². The van der Waals surface area contributed by atoms with Crippen LogP contribution in [0.4, 0.5) is 4.79 Å². The molecule has 3 N–H and O–H groups in total. The molecule has 3 amide bonds. The van der Waals surface area contributed by atoms with Gasteiger partial charge in [0.25, 0.3) is 0 Å². The van der Waals surface area contributed by atoms with E-state index in [2.05, 4.69) is 20.9 Å². The van der Waals surface area contributed by atoms with Crippen LogP contribution in [0.15, 0.2) is 39.7 Å². The van der Waals surface area contributed by atoms with Gasteiger partial charge in [-0.25, -0.2) is 4.79 Å². The number of carbonyl (C=O) groups is 2. The summed E-state index contributed by atoms with van der Waals surface area (Å²) in [4.78, 5) is 28.7. The van der Waals surface area contributed by atoms with Crippen LogP contribution in [0.2, 0.25) is 0 Å². The number of furan rings is 1. The van der Waals surface area contributed by atoms with Gasteiger partial charge >= 0.3 is 6.03 Å². The van der Waals surface area contributed by atoms with Crippen LogP contribution in [-0.2, 0) is 4.79 Å². The third kappa shape index (κ3) is 3.96. The number of rotatable bonds is 6. The lowest BCUT2D eigenvalue weighted by atomic mass is 10.2. The van der Waals surface area contributed by atoms with Crippen LogP contribution >= 0.6 is 0 Å². The summed E-state index contributed by atoms with van der Waals surface area (Å²) >= 11 is 0. The first kappa shape index (κ1) is 17.8. The third-order valence-electron chi connectivity index (χ3n) is 4.10. The second-order valence-electron chi connectivity index (χ2n) is 6.02. The molecule has 1 aliphatic rings. The highest BCUT2D eigenvalue weighted by Crippen LogP contribution is 2.23. The van der Waals surface area contributed by atoms with Crippen molar-refractivity contribution in [2.75, 3.05) is 26.2 Å². The number of nitrogens with one attached hydrogen (secondary N) is 3. The molecule has 1 unspecified atom stereocenters. The van der Waals surface area contributed by atoms with Crippen LogP contribution in [0, 0.1) is 0 Å². The van der Waals surface area contributed by atoms with Gasteiger partial charge in [-0.2, -0.15) is 0 Å². The Morgan fingerprint density at radius 2 is 2.19 bits per heavy atom. The van der Waals surface area contributed by atoms with Gasteiger partial charge in [0, 0.05) is 11.9 Å². The first-order valence-corrected chi connectivity index (χ1v) is 8.70. The van der Waals surface area contributed by atoms with Crippen molar-refractivity contribution < 1.29 is 14.0 Å². The zero-order chi connectivity index (χ0) is 18.5. The quantitative estimate of drug-likeness (QED) is 0.414. The van der Waals surface area contributed by atoms with E-state index < -0.39 is 0 Å². The molecule has 1 aliphatic heterocycles. The van der Waals surface area contributed by atoms with E-state index in [4.69, 9.17) is 4.42 Å². The molecule has 1 fully saturated rings. The summed E-state index contributed by atoms with van der Waals surface area (Å²) in [7, 11) is 0. The molecule has 0 saturated carbocycles. The van der Waals surface area contributed by atoms with Gasteiger partial charge in [0.15, 0.2) is 5.96 Å². The molecule has 8 nitrogen and oxygen atoms in total. The van der Waals surface area contributed by atoms with Gasteiger partial charge in [-0.05, 0) is 26.0 Å². The predicted octanol–water partition coefficient (Wildman–Crippen LogP) is 1.60. The van der Waals surface area contributed by atoms with E-state index in [-0.39, 0.29) is 31.1 Å². The topological polar surface area (TPSA) is 99.0 Å². The van der Waals surface area contributed by atoms with Crippen molar-refractivity contribution in [2.24, 2.45) is 4.99 Å². The summed E-state index contributed by atoms with van der Waals surface area (Å²) in [6.07, 6.45) is 0. The number of benzene rings is 1. The number of para-hydroxylation sites is 1. The molecule has 8 heteroatoms. The number of imide groups is 1. The highest BCUT2D eigenvalue weighted by Gasteiger charge is 2.27. The maximum absolute atomic E-state index is 11.6. The molecule has 1 aromatic carbocycles. The van der Waals surface area contributed by atoms with E-state index in [1.165, 1.54) is 4.90 Å². The molecule has 0 radical (unpaired) electrons. The number of hydrogen-bond acceptors (Lipinski definition) is 4. The Balaban J connectivity index is 1.63. The van der Waals surface area contributed by atoms with Crippen molar-refractivity contribution >= 4 is 28.9 Å². The summed E-state index contributed by atoms with van der Waals surface area (Å²) < 4.78 is 5.87. The third-order valence-corrected chi connectivity index (χ3v) is 4.10. The van der Waals surface area contributed by atoms with Gasteiger partial charge in [-0.15, -0.1) is 0 Å². The number of nitrogens with zero attached hydrogens (tertiary/aromatic N) is 2. The summed E-state index contributed by atoms with van der Waals surface area (Å²) in [6.45, 7) is 5.29. The van der Waals surface area contributed by atoms with Crippen molar-refractivity contribution in [2.45, 2.75) is 19.9 Å². The normalized spacial score (nSPS) is 16.1. The van der Waals surface area contributed by atoms with E-state index >= 15 is 0 Å². The van der Waals surface area contributed by atoms with Gasteiger partial charge in [0.2, 0.25) is 5.91 Å². The Morgan fingerprint density at radius 3 is 2.88 bits per heavy atom. The first-order valence-electron chi connectivity index (χ1n) is 8.70. The molecule has 3 rings (SSSR count). The van der Waals surface area contributed by atoms with E-state index in [0.717, 1.165) is 16.7 Å². The minimum Gasteiger partial charge on any atom is -0.459 e. The van der Waals surface area contributed by atoms with Crippen molar-refractivity contribution in [1.29, 1.82) is 0 Å². The summed E-state index contributed by atoms with van der Waals surface area (Å²) in [5.74, 6) is 1.19. The maximum atomic E-state index is 11.6. The fourth-order valence-corrected chi connectivity index (χ4v) is 2.76. The lowest BCUT2D eigenvalue weighted by Gasteiger charge is -2.17. The Kier molecular flexibility index (Phi) is 5.40. The molecular weight excluding hydrogens is 334 g/mol. The van der Waals surface area contributed by atoms with E-state index in [9.17, 15) is 9.59 Å². The maximum Gasteiger partial charge on any atom is 0.324 e. The molecule has 0 bridgehead atoms. The zero-order valence-corrected chi connectivity index (χ0v) is 14.9. The molecule has 1 atom stereocenters. The van der Waals surface area contributed by atoms with Crippen LogP contribution in [0.1, 0.15) is 25.6 Å². The van der Waals surface area contributed by atoms with Gasteiger partial charge < -0.3 is 20.4 Å². The number of amides is 3. The highest BCUT2D eigenvalue weighted by molar-refractivity contribution is 6.01. The zero-order valence-electron chi connectivity index (χ0n) is 14.9. The number of aliphatic imine (C=N–C) groups is 1. The van der Waals surface area contributed by atoms with Crippen LogP contribution in [-0.4, -0.2) is 49.0 Å². The van der Waals surface area contributed by atoms with Crippen molar-refractivity contribution in [3.63, 3.8) is 0 Å². The first-order chi connectivity index (χ1) is 12.6. The van der Waals surface area contributed by atoms with E-state index in [1.54, 1.807) is 0 Å². The molecule has 26 heavy (non-hydrogen) atoms. The monoisotopic (exact) mass is 357 g/mol. The van der Waals surface area contributed by atoms with Crippen molar-refractivity contribution in [3.05, 3.63) is 36.1 Å². The molecule has 1 saturated heterocycles. The molecule has 2 aromatic rings. The summed E-state index contributed by atoms with van der Waals surface area (Å²) in [5, 5.41) is 9.99. The lowest BCUT2D eigenvalue weighted by molar-refractivity contribution is -0.124. The fraction of sp³-hybridized carbons (Fsp3) is 0.389. The second-order valence-corrected chi connectivity index (χ2v) is 6.02. The van der Waals surface area contributed by atoms with Gasteiger partial charge in [-0.1, -0.05) is 18.2 Å². The molecule has 2 heterocycles. The standard InChI is InChI=1S/C18H23N5O3/c1-3-19-17(20-8-9-23-16(24)11-21-18(23)25)22-12(2)15-10-13-6-4-5-7-14(13)26-15/h4-7,10,12H,3,8-9,11H2,1-2H3,(H,21,25)(H2,19,20,22). The van der Waals surface area contributed by atoms with Gasteiger partial charge in [0.1, 0.15) is 11.3 Å². The molecular formula is C18H23N5O3. The Labute approximate surface area is 151 Å². The smallest absolute Gasteiger partial charge is 0.324 e. The van der Waals surface area contributed by atoms with Crippen LogP contribution < -0.4 is 16.0 Å². The predicted molar refractivity (Wildman–Crippen MR) is 98.9 cm³/mol. The van der Waals surface area contributed by atoms with Crippen LogP contribution in [0.5, 0.6) is 0 Å². The van der Waals surface area contributed by atoms with Gasteiger partial charge in [0.05, 0.1) is 25.7 Å². The number of urea groups is 1. The Hall–Kier alpha value is -3.03. The van der Waals surface area contributed by atoms with E-state index in [1.807, 2.05) is 44.2 Å². The number of carbonyl (C=O) groups excluding carboxylic acids is 2. The number of hydrogen-bond donors (Lipinski definition) is 3. The average molecular weight is 357 g/mol. The second kappa shape index (κ2) is 7.90. The lowest BCUT2D eigenvalue weighted by Crippen LogP contribution is -2.39. The number of fused-ring (bicyclic) bond motifs is 1. The fourth-order valence-electron chi connectivity index (χ4n) is 2.76. The number of guanidine groups is 1. The molecule has 1 aromatic heterocycles. The van der Waals surface area contributed by atoms with Crippen LogP contribution in [0.3, 0.4) is 0 Å². The Morgan fingerprint density at radius 1 is 1.38 bits per heavy atom. The van der Waals surface area contributed by atoms with Crippen LogP contribution in [0.25, 0.3) is 11.0 Å². The minimum absolute atomic E-state index is 0.0595. The molecule has 0 spiro atoms. The molecule has 0 aliphatic carbocycles. The SMILES string of the molecule is CCNC(=NCCN1C(=O)CNC1=O)NC(C)c1cc2ccccc2o1. The molecule has 138 valence electrons. The van der Waals surface area contributed by atoms with E-state index in [0.29, 0.717) is 19.0 Å². The van der Waals surface area contributed by atoms with Gasteiger partial charge in [-0.3, -0.25) is 14.7 Å². The minimum atomic E-state index is -0.362. The average Bonchev–Trinajstić information content (AvgIpc) is 3.20. The summed E-state index contributed by atoms with van der Waals surface area (Å²) in [6, 6.07) is 9.41. The summed E-state index contributed by atoms with van der Waals surface area (Å²) in [5.41, 5.74) is 0.844. The Bertz CT molecular complexity index is 780. The highest BCUT2D eigenvalue weighted by atomic mass is 16.3. The largest absolute Gasteiger partial charge is 0.459 e. The van der Waals surface area contributed by atoms with Crippen molar-refractivity contribution in [1.82, 2.24) is 20.9 Å².